The van der Waals surface area contributed by atoms with E-state index in [4.69, 9.17) is 16.3 Å². The van der Waals surface area contributed by atoms with E-state index >= 15 is 0 Å². The van der Waals surface area contributed by atoms with Crippen LogP contribution in [-0.2, 0) is 16.1 Å². The molecular formula is C14H21ClN4O2. The SMILES string of the molecule is CCOCc1nc(Cl)cc(N(C)CC(=O)N2CCCC2)n1. The Hall–Kier alpha value is -1.40. The summed E-state index contributed by atoms with van der Waals surface area (Å²) in [5, 5.41) is 0.357. The summed E-state index contributed by atoms with van der Waals surface area (Å²) in [5.74, 6) is 1.29. The number of hydrogen-bond acceptors (Lipinski definition) is 5. The van der Waals surface area contributed by atoms with E-state index in [1.807, 2.05) is 18.9 Å². The van der Waals surface area contributed by atoms with Crippen LogP contribution in [0.2, 0.25) is 5.15 Å². The molecule has 6 nitrogen and oxygen atoms in total. The molecule has 1 aromatic heterocycles. The standard InChI is InChI=1S/C14H21ClN4O2/c1-3-21-10-12-16-11(15)8-13(17-12)18(2)9-14(20)19-6-4-5-7-19/h8H,3-7,9-10H2,1-2H3. The van der Waals surface area contributed by atoms with Gasteiger partial charge in [-0.15, -0.1) is 0 Å². The summed E-state index contributed by atoms with van der Waals surface area (Å²) in [5.41, 5.74) is 0. The Morgan fingerprint density at radius 1 is 1.43 bits per heavy atom. The molecule has 1 aliphatic rings. The Morgan fingerprint density at radius 3 is 2.81 bits per heavy atom. The van der Waals surface area contributed by atoms with E-state index in [-0.39, 0.29) is 5.91 Å². The zero-order valence-electron chi connectivity index (χ0n) is 12.5. The number of carbonyl (C=O) groups is 1. The third-order valence-electron chi connectivity index (χ3n) is 3.39. The van der Waals surface area contributed by atoms with Crippen LogP contribution in [0.3, 0.4) is 0 Å². The van der Waals surface area contributed by atoms with Crippen molar-refractivity contribution in [2.45, 2.75) is 26.4 Å². The molecule has 0 bridgehead atoms. The molecule has 116 valence electrons. The van der Waals surface area contributed by atoms with E-state index in [1.54, 1.807) is 11.0 Å². The quantitative estimate of drug-likeness (QED) is 0.749. The molecule has 0 spiro atoms. The molecule has 0 aromatic carbocycles. The lowest BCUT2D eigenvalue weighted by Gasteiger charge is -2.22. The molecule has 1 fully saturated rings. The van der Waals surface area contributed by atoms with Gasteiger partial charge in [0.25, 0.3) is 0 Å². The van der Waals surface area contributed by atoms with Crippen LogP contribution in [0.1, 0.15) is 25.6 Å². The minimum Gasteiger partial charge on any atom is -0.374 e. The number of carbonyl (C=O) groups excluding carboxylic acids is 1. The number of likely N-dealkylation sites (tertiary alicyclic amines) is 1. The van der Waals surface area contributed by atoms with Gasteiger partial charge < -0.3 is 14.5 Å². The molecule has 0 atom stereocenters. The summed E-state index contributed by atoms with van der Waals surface area (Å²) in [6.07, 6.45) is 2.18. The van der Waals surface area contributed by atoms with E-state index < -0.39 is 0 Å². The minimum absolute atomic E-state index is 0.121. The maximum atomic E-state index is 12.2. The third kappa shape index (κ3) is 4.54. The van der Waals surface area contributed by atoms with E-state index in [2.05, 4.69) is 9.97 Å². The van der Waals surface area contributed by atoms with E-state index in [1.165, 1.54) is 0 Å². The van der Waals surface area contributed by atoms with Gasteiger partial charge in [0.15, 0.2) is 5.82 Å². The van der Waals surface area contributed by atoms with Gasteiger partial charge in [-0.05, 0) is 19.8 Å². The fourth-order valence-corrected chi connectivity index (χ4v) is 2.45. The molecule has 1 amide bonds. The molecule has 1 aromatic rings. The highest BCUT2D eigenvalue weighted by molar-refractivity contribution is 6.29. The van der Waals surface area contributed by atoms with E-state index in [9.17, 15) is 4.79 Å². The van der Waals surface area contributed by atoms with Gasteiger partial charge in [0.2, 0.25) is 5.91 Å². The lowest BCUT2D eigenvalue weighted by Crippen LogP contribution is -2.37. The number of likely N-dealkylation sites (N-methyl/N-ethyl adjacent to an activating group) is 1. The molecule has 2 rings (SSSR count). The van der Waals surface area contributed by atoms with Crippen LogP contribution in [0.4, 0.5) is 5.82 Å². The summed E-state index contributed by atoms with van der Waals surface area (Å²) in [6.45, 7) is 4.82. The molecule has 0 radical (unpaired) electrons. The molecule has 0 saturated carbocycles. The first-order valence-corrected chi connectivity index (χ1v) is 7.58. The number of rotatable bonds is 6. The normalized spacial score (nSPS) is 14.5. The maximum Gasteiger partial charge on any atom is 0.242 e. The van der Waals surface area contributed by atoms with Crippen LogP contribution < -0.4 is 4.90 Å². The van der Waals surface area contributed by atoms with Crippen molar-refractivity contribution >= 4 is 23.3 Å². The Labute approximate surface area is 130 Å². The van der Waals surface area contributed by atoms with Gasteiger partial charge in [-0.25, -0.2) is 9.97 Å². The molecule has 0 aliphatic carbocycles. The molecule has 21 heavy (non-hydrogen) atoms. The minimum atomic E-state index is 0.121. The molecule has 1 aliphatic heterocycles. The summed E-state index contributed by atoms with van der Waals surface area (Å²) in [6, 6.07) is 1.66. The Balaban J connectivity index is 2.01. The first kappa shape index (κ1) is 16.0. The van der Waals surface area contributed by atoms with E-state index in [0.717, 1.165) is 25.9 Å². The van der Waals surface area contributed by atoms with Crippen LogP contribution in [0.15, 0.2) is 6.07 Å². The van der Waals surface area contributed by atoms with Crippen LogP contribution in [0.5, 0.6) is 0 Å². The second-order valence-corrected chi connectivity index (χ2v) is 5.43. The van der Waals surface area contributed by atoms with Crippen molar-refractivity contribution in [1.29, 1.82) is 0 Å². The molecule has 7 heteroatoms. The van der Waals surface area contributed by atoms with Crippen LogP contribution >= 0.6 is 11.6 Å². The third-order valence-corrected chi connectivity index (χ3v) is 3.58. The number of nitrogens with zero attached hydrogens (tertiary/aromatic N) is 4. The summed E-state index contributed by atoms with van der Waals surface area (Å²) in [7, 11) is 1.83. The molecule has 0 unspecified atom stereocenters. The highest BCUT2D eigenvalue weighted by atomic mass is 35.5. The molecular weight excluding hydrogens is 292 g/mol. The van der Waals surface area contributed by atoms with Gasteiger partial charge in [0, 0.05) is 32.8 Å². The van der Waals surface area contributed by atoms with Crippen LogP contribution in [0, 0.1) is 0 Å². The van der Waals surface area contributed by atoms with Gasteiger partial charge in [-0.1, -0.05) is 11.6 Å². The van der Waals surface area contributed by atoms with Crippen molar-refractivity contribution in [1.82, 2.24) is 14.9 Å². The van der Waals surface area contributed by atoms with Gasteiger partial charge in [-0.2, -0.15) is 0 Å². The summed E-state index contributed by atoms with van der Waals surface area (Å²) >= 11 is 6.01. The lowest BCUT2D eigenvalue weighted by atomic mass is 10.4. The predicted octanol–water partition coefficient (Wildman–Crippen LogP) is 1.73. The highest BCUT2D eigenvalue weighted by Gasteiger charge is 2.20. The molecule has 0 N–H and O–H groups in total. The smallest absolute Gasteiger partial charge is 0.242 e. The summed E-state index contributed by atoms with van der Waals surface area (Å²) in [4.78, 5) is 24.3. The fourth-order valence-electron chi connectivity index (χ4n) is 2.26. The molecule has 1 saturated heterocycles. The number of amides is 1. The van der Waals surface area contributed by atoms with E-state index in [0.29, 0.717) is 36.6 Å². The van der Waals surface area contributed by atoms with Crippen molar-refractivity contribution < 1.29 is 9.53 Å². The van der Waals surface area contributed by atoms with Crippen molar-refractivity contribution in [3.05, 3.63) is 17.0 Å². The van der Waals surface area contributed by atoms with Gasteiger partial charge in [0.05, 0.1) is 6.54 Å². The Morgan fingerprint density at radius 2 is 2.14 bits per heavy atom. The first-order chi connectivity index (χ1) is 10.1. The average Bonchev–Trinajstić information content (AvgIpc) is 2.98. The zero-order valence-corrected chi connectivity index (χ0v) is 13.3. The van der Waals surface area contributed by atoms with Gasteiger partial charge in [-0.3, -0.25) is 4.79 Å². The largest absolute Gasteiger partial charge is 0.374 e. The van der Waals surface area contributed by atoms with Crippen molar-refractivity contribution in [3.63, 3.8) is 0 Å². The number of hydrogen-bond donors (Lipinski definition) is 0. The number of halogens is 1. The van der Waals surface area contributed by atoms with Crippen molar-refractivity contribution in [2.75, 3.05) is 38.2 Å². The van der Waals surface area contributed by atoms with Gasteiger partial charge in [0.1, 0.15) is 17.6 Å². The monoisotopic (exact) mass is 312 g/mol. The zero-order chi connectivity index (χ0) is 15.2. The van der Waals surface area contributed by atoms with Crippen LogP contribution in [-0.4, -0.2) is 54.1 Å². The Bertz CT molecular complexity index is 492. The predicted molar refractivity (Wildman–Crippen MR) is 81.5 cm³/mol. The number of anilines is 1. The topological polar surface area (TPSA) is 58.6 Å². The second-order valence-electron chi connectivity index (χ2n) is 5.05. The van der Waals surface area contributed by atoms with Crippen LogP contribution in [0.25, 0.3) is 0 Å². The lowest BCUT2D eigenvalue weighted by molar-refractivity contribution is -0.128. The average molecular weight is 313 g/mol. The number of aromatic nitrogens is 2. The first-order valence-electron chi connectivity index (χ1n) is 7.20. The van der Waals surface area contributed by atoms with Crippen molar-refractivity contribution in [2.24, 2.45) is 0 Å². The molecule has 2 heterocycles. The second kappa shape index (κ2) is 7.56. The summed E-state index contributed by atoms with van der Waals surface area (Å²) < 4.78 is 5.29. The van der Waals surface area contributed by atoms with Crippen molar-refractivity contribution in [3.8, 4) is 0 Å². The van der Waals surface area contributed by atoms with Gasteiger partial charge >= 0.3 is 0 Å². The maximum absolute atomic E-state index is 12.2. The highest BCUT2D eigenvalue weighted by Crippen LogP contribution is 2.16. The number of ether oxygens (including phenoxy) is 1. The fraction of sp³-hybridized carbons (Fsp3) is 0.643. The Kier molecular flexibility index (Phi) is 5.76.